The van der Waals surface area contributed by atoms with Gasteiger partial charge in [-0.2, -0.15) is 0 Å². The number of allylic oxidation sites excluding steroid dienone is 2. The number of rotatable bonds is 2. The van der Waals surface area contributed by atoms with E-state index in [0.29, 0.717) is 0 Å². The minimum atomic E-state index is 0.834. The lowest BCUT2D eigenvalue weighted by atomic mass is 10.4. The molecule has 0 N–H and O–H groups in total. The molecule has 0 amide bonds. The van der Waals surface area contributed by atoms with E-state index in [9.17, 15) is 0 Å². The second-order valence-electron chi connectivity index (χ2n) is 1.51. The van der Waals surface area contributed by atoms with Crippen LogP contribution in [0.15, 0.2) is 27.7 Å². The van der Waals surface area contributed by atoms with Crippen molar-refractivity contribution in [3.8, 4) is 0 Å². The monoisotopic (exact) mass is 141 g/mol. The maximum Gasteiger partial charge on any atom is 0.0709 e. The van der Waals surface area contributed by atoms with Crippen LogP contribution in [0.4, 0.5) is 0 Å². The standard InChI is InChI=1S/C7H11NS/c1-4-6(8-3)7(9)5-2/h4-5,9H,3H2,1-2H3/b6-4-,7-5-. The summed E-state index contributed by atoms with van der Waals surface area (Å²) in [5, 5.41) is 0. The predicted octanol–water partition coefficient (Wildman–Crippen LogP) is 2.42. The molecule has 0 aromatic carbocycles. The van der Waals surface area contributed by atoms with E-state index < -0.39 is 0 Å². The molecule has 0 aromatic heterocycles. The fraction of sp³-hybridized carbons (Fsp3) is 0.286. The van der Waals surface area contributed by atoms with Crippen LogP contribution < -0.4 is 0 Å². The molecule has 0 radical (unpaired) electrons. The zero-order chi connectivity index (χ0) is 7.28. The topological polar surface area (TPSA) is 12.4 Å². The highest BCUT2D eigenvalue weighted by Gasteiger charge is 1.90. The molecule has 2 heteroatoms. The zero-order valence-electron chi connectivity index (χ0n) is 5.76. The summed E-state index contributed by atoms with van der Waals surface area (Å²) in [6.07, 6.45) is 3.75. The first-order chi connectivity index (χ1) is 4.26. The minimum absolute atomic E-state index is 0.834. The van der Waals surface area contributed by atoms with E-state index in [2.05, 4.69) is 24.3 Å². The van der Waals surface area contributed by atoms with Crippen LogP contribution in [0, 0.1) is 0 Å². The maximum atomic E-state index is 4.14. The Balaban J connectivity index is 4.32. The van der Waals surface area contributed by atoms with Gasteiger partial charge < -0.3 is 0 Å². The smallest absolute Gasteiger partial charge is 0.0709 e. The normalized spacial score (nSPS) is 13.7. The Bertz CT molecular complexity index is 156. The lowest BCUT2D eigenvalue weighted by Gasteiger charge is -1.95. The van der Waals surface area contributed by atoms with Gasteiger partial charge in [-0.05, 0) is 20.6 Å². The van der Waals surface area contributed by atoms with Crippen LogP contribution in [-0.2, 0) is 0 Å². The van der Waals surface area contributed by atoms with Crippen molar-refractivity contribution in [3.63, 3.8) is 0 Å². The lowest BCUT2D eigenvalue weighted by molar-refractivity contribution is 1.38. The largest absolute Gasteiger partial charge is 0.264 e. The molecule has 0 aromatic rings. The molecule has 0 bridgehead atoms. The van der Waals surface area contributed by atoms with E-state index in [-0.39, 0.29) is 0 Å². The highest BCUT2D eigenvalue weighted by molar-refractivity contribution is 7.84. The van der Waals surface area contributed by atoms with Crippen LogP contribution in [-0.4, -0.2) is 6.72 Å². The predicted molar refractivity (Wildman–Crippen MR) is 46.0 cm³/mol. The number of nitrogens with zero attached hydrogens (tertiary/aromatic N) is 1. The Morgan fingerprint density at radius 2 is 2.00 bits per heavy atom. The minimum Gasteiger partial charge on any atom is -0.264 e. The summed E-state index contributed by atoms with van der Waals surface area (Å²) < 4.78 is 0. The van der Waals surface area contributed by atoms with E-state index in [1.54, 1.807) is 0 Å². The van der Waals surface area contributed by atoms with Crippen molar-refractivity contribution in [1.82, 2.24) is 0 Å². The molecule has 50 valence electrons. The van der Waals surface area contributed by atoms with Crippen LogP contribution >= 0.6 is 12.6 Å². The van der Waals surface area contributed by atoms with Gasteiger partial charge in [-0.3, -0.25) is 4.99 Å². The maximum absolute atomic E-state index is 4.14. The highest BCUT2D eigenvalue weighted by atomic mass is 32.1. The first-order valence-electron chi connectivity index (χ1n) is 2.75. The van der Waals surface area contributed by atoms with Crippen molar-refractivity contribution in [2.45, 2.75) is 13.8 Å². The Hall–Kier alpha value is -0.500. The molecule has 0 spiro atoms. The summed E-state index contributed by atoms with van der Waals surface area (Å²) in [5.74, 6) is 0. The molecule has 9 heavy (non-hydrogen) atoms. The van der Waals surface area contributed by atoms with Crippen LogP contribution in [0.25, 0.3) is 0 Å². The van der Waals surface area contributed by atoms with E-state index in [1.807, 2.05) is 26.0 Å². The van der Waals surface area contributed by atoms with Crippen molar-refractivity contribution in [2.75, 3.05) is 0 Å². The number of hydrogen-bond acceptors (Lipinski definition) is 2. The summed E-state index contributed by atoms with van der Waals surface area (Å²) in [4.78, 5) is 4.61. The molecule has 0 fully saturated rings. The van der Waals surface area contributed by atoms with Gasteiger partial charge in [0.1, 0.15) is 0 Å². The van der Waals surface area contributed by atoms with Gasteiger partial charge in [0.2, 0.25) is 0 Å². The molecule has 0 saturated carbocycles. The molecule has 0 atom stereocenters. The molecule has 0 heterocycles. The summed E-state index contributed by atoms with van der Waals surface area (Å²) in [6.45, 7) is 7.21. The highest BCUT2D eigenvalue weighted by Crippen LogP contribution is 2.13. The Morgan fingerprint density at radius 3 is 2.11 bits per heavy atom. The molecule has 0 aliphatic rings. The van der Waals surface area contributed by atoms with Crippen molar-refractivity contribution in [1.29, 1.82) is 0 Å². The van der Waals surface area contributed by atoms with E-state index in [1.165, 1.54) is 0 Å². The first kappa shape index (κ1) is 8.50. The van der Waals surface area contributed by atoms with E-state index in [4.69, 9.17) is 0 Å². The van der Waals surface area contributed by atoms with Crippen molar-refractivity contribution >= 4 is 19.3 Å². The van der Waals surface area contributed by atoms with Gasteiger partial charge in [-0.25, -0.2) is 0 Å². The van der Waals surface area contributed by atoms with Crippen LogP contribution in [0.2, 0.25) is 0 Å². The second-order valence-corrected chi connectivity index (χ2v) is 1.99. The van der Waals surface area contributed by atoms with Gasteiger partial charge in [0, 0.05) is 4.91 Å². The number of thiol groups is 1. The van der Waals surface area contributed by atoms with E-state index in [0.717, 1.165) is 10.6 Å². The Morgan fingerprint density at radius 1 is 1.44 bits per heavy atom. The molecule has 0 aliphatic heterocycles. The van der Waals surface area contributed by atoms with E-state index >= 15 is 0 Å². The fourth-order valence-electron chi connectivity index (χ4n) is 0.468. The van der Waals surface area contributed by atoms with Crippen LogP contribution in [0.3, 0.4) is 0 Å². The molecule has 0 saturated heterocycles. The van der Waals surface area contributed by atoms with Gasteiger partial charge in [0.25, 0.3) is 0 Å². The quantitative estimate of drug-likeness (QED) is 0.344. The zero-order valence-corrected chi connectivity index (χ0v) is 6.65. The number of aliphatic imine (C=N–C) groups is 1. The third-order valence-electron chi connectivity index (χ3n) is 0.980. The van der Waals surface area contributed by atoms with Gasteiger partial charge in [0.15, 0.2) is 0 Å². The summed E-state index contributed by atoms with van der Waals surface area (Å²) >= 11 is 4.14. The molecule has 0 aliphatic carbocycles. The third-order valence-corrected chi connectivity index (χ3v) is 1.47. The van der Waals surface area contributed by atoms with Crippen molar-refractivity contribution < 1.29 is 0 Å². The third kappa shape index (κ3) is 2.51. The molecule has 0 rings (SSSR count). The average molecular weight is 141 g/mol. The van der Waals surface area contributed by atoms with Gasteiger partial charge in [-0.1, -0.05) is 12.2 Å². The molecule has 0 unspecified atom stereocenters. The Labute approximate surface area is 61.6 Å². The van der Waals surface area contributed by atoms with Gasteiger partial charge in [-0.15, -0.1) is 12.6 Å². The molecule has 1 nitrogen and oxygen atoms in total. The fourth-order valence-corrected chi connectivity index (χ4v) is 0.668. The summed E-state index contributed by atoms with van der Waals surface area (Å²) in [6, 6.07) is 0. The van der Waals surface area contributed by atoms with Gasteiger partial charge in [0.05, 0.1) is 5.70 Å². The van der Waals surface area contributed by atoms with Crippen molar-refractivity contribution in [3.05, 3.63) is 22.8 Å². The first-order valence-corrected chi connectivity index (χ1v) is 3.19. The lowest BCUT2D eigenvalue weighted by Crippen LogP contribution is -1.74. The van der Waals surface area contributed by atoms with Crippen LogP contribution in [0.5, 0.6) is 0 Å². The van der Waals surface area contributed by atoms with Crippen molar-refractivity contribution in [2.24, 2.45) is 4.99 Å². The SMILES string of the molecule is C=NC(=C\C)/C(S)=C/C. The summed E-state index contributed by atoms with van der Waals surface area (Å²) in [5.41, 5.74) is 0.834. The molecular weight excluding hydrogens is 130 g/mol. The van der Waals surface area contributed by atoms with Gasteiger partial charge >= 0.3 is 0 Å². The van der Waals surface area contributed by atoms with Crippen LogP contribution in [0.1, 0.15) is 13.8 Å². The Kier molecular flexibility index (Phi) is 4.14. The number of hydrogen-bond donors (Lipinski definition) is 1. The molecular formula is C7H11NS. The average Bonchev–Trinajstić information content (AvgIpc) is 1.90. The summed E-state index contributed by atoms with van der Waals surface area (Å²) in [7, 11) is 0. The second kappa shape index (κ2) is 4.39.